The molecule has 1 aliphatic carbocycles. The van der Waals surface area contributed by atoms with Gasteiger partial charge in [0.15, 0.2) is 0 Å². The smallest absolute Gasteiger partial charge is 0.251 e. The monoisotopic (exact) mass is 463 g/mol. The largest absolute Gasteiger partial charge is 0.396 e. The van der Waals surface area contributed by atoms with E-state index in [0.29, 0.717) is 11.4 Å². The molecule has 1 unspecified atom stereocenters. The van der Waals surface area contributed by atoms with Crippen LogP contribution in [0.15, 0.2) is 65.7 Å². The zero-order valence-corrected chi connectivity index (χ0v) is 19.0. The molecule has 0 radical (unpaired) electrons. The second-order valence-corrected chi connectivity index (χ2v) is 8.79. The second kappa shape index (κ2) is 9.51. The molecule has 3 heterocycles. The van der Waals surface area contributed by atoms with E-state index in [4.69, 9.17) is 21.3 Å². The number of ether oxygens (including phenoxy) is 1. The maximum absolute atomic E-state index is 13.2. The number of hydrogen-bond acceptors (Lipinski definition) is 5. The second-order valence-electron chi connectivity index (χ2n) is 8.35. The Hall–Kier alpha value is -2.93. The van der Waals surface area contributed by atoms with Crippen molar-refractivity contribution in [2.24, 2.45) is 0 Å². The Morgan fingerprint density at radius 3 is 2.76 bits per heavy atom. The van der Waals surface area contributed by atoms with Crippen LogP contribution in [0.2, 0.25) is 5.02 Å². The Kier molecular flexibility index (Phi) is 6.31. The SMILES string of the molecule is O=c1cc(C2=CCc3ncc(N4CCOCC4)cc32)ccn1C(CCO)c1cccc(Cl)c1. The minimum Gasteiger partial charge on any atom is -0.396 e. The molecule has 2 aromatic heterocycles. The number of rotatable bonds is 6. The molecule has 1 aliphatic heterocycles. The van der Waals surface area contributed by atoms with Crippen LogP contribution in [0.1, 0.15) is 34.8 Å². The molecule has 6 nitrogen and oxygen atoms in total. The lowest BCUT2D eigenvalue weighted by Gasteiger charge is -2.29. The number of benzene rings is 1. The molecule has 0 saturated carbocycles. The summed E-state index contributed by atoms with van der Waals surface area (Å²) in [6, 6.07) is 13.0. The highest BCUT2D eigenvalue weighted by Gasteiger charge is 2.22. The zero-order chi connectivity index (χ0) is 22.8. The van der Waals surface area contributed by atoms with Crippen molar-refractivity contribution >= 4 is 22.9 Å². The van der Waals surface area contributed by atoms with Crippen molar-refractivity contribution in [3.8, 4) is 0 Å². The molecule has 0 spiro atoms. The maximum atomic E-state index is 13.2. The van der Waals surface area contributed by atoms with Gasteiger partial charge in [-0.15, -0.1) is 0 Å². The van der Waals surface area contributed by atoms with Crippen molar-refractivity contribution in [2.75, 3.05) is 37.8 Å². The first-order chi connectivity index (χ1) is 16.1. The quantitative estimate of drug-likeness (QED) is 0.603. The fourth-order valence-electron chi connectivity index (χ4n) is 4.67. The number of nitrogens with zero attached hydrogens (tertiary/aromatic N) is 3. The summed E-state index contributed by atoms with van der Waals surface area (Å²) < 4.78 is 7.14. The highest BCUT2D eigenvalue weighted by Crippen LogP contribution is 2.34. The maximum Gasteiger partial charge on any atom is 0.251 e. The summed E-state index contributed by atoms with van der Waals surface area (Å²) >= 11 is 6.17. The lowest BCUT2D eigenvalue weighted by molar-refractivity contribution is 0.122. The van der Waals surface area contributed by atoms with Gasteiger partial charge in [0.05, 0.1) is 36.8 Å². The number of pyridine rings is 2. The summed E-state index contributed by atoms with van der Waals surface area (Å²) in [7, 11) is 0. The van der Waals surface area contributed by atoms with Gasteiger partial charge in [-0.25, -0.2) is 0 Å². The molecule has 0 bridgehead atoms. The predicted molar refractivity (Wildman–Crippen MR) is 130 cm³/mol. The van der Waals surface area contributed by atoms with E-state index in [2.05, 4.69) is 17.0 Å². The topological polar surface area (TPSA) is 67.6 Å². The summed E-state index contributed by atoms with van der Waals surface area (Å²) in [6.45, 7) is 3.12. The number of morpholine rings is 1. The van der Waals surface area contributed by atoms with Gasteiger partial charge in [-0.05, 0) is 47.4 Å². The minimum absolute atomic E-state index is 0.0279. The average Bonchev–Trinajstić information content (AvgIpc) is 3.27. The molecule has 1 aromatic carbocycles. The lowest BCUT2D eigenvalue weighted by atomic mass is 10.0. The Labute approximate surface area is 197 Å². The van der Waals surface area contributed by atoms with Crippen molar-refractivity contribution in [3.63, 3.8) is 0 Å². The molecule has 0 amide bonds. The Morgan fingerprint density at radius 1 is 1.15 bits per heavy atom. The molecule has 170 valence electrons. The van der Waals surface area contributed by atoms with E-state index in [1.165, 1.54) is 0 Å². The first-order valence-corrected chi connectivity index (χ1v) is 11.6. The van der Waals surface area contributed by atoms with Crippen LogP contribution in [0.5, 0.6) is 0 Å². The third-order valence-electron chi connectivity index (χ3n) is 6.35. The lowest BCUT2D eigenvalue weighted by Crippen LogP contribution is -2.36. The summed E-state index contributed by atoms with van der Waals surface area (Å²) in [5.41, 5.74) is 5.90. The van der Waals surface area contributed by atoms with E-state index in [1.54, 1.807) is 16.7 Å². The molecule has 5 rings (SSSR count). The number of halogens is 1. The molecule has 3 aromatic rings. The van der Waals surface area contributed by atoms with E-state index in [0.717, 1.165) is 66.4 Å². The summed E-state index contributed by atoms with van der Waals surface area (Å²) in [4.78, 5) is 20.2. The van der Waals surface area contributed by atoms with Crippen LogP contribution in [0, 0.1) is 0 Å². The number of aliphatic hydroxyl groups is 1. The van der Waals surface area contributed by atoms with E-state index in [9.17, 15) is 9.90 Å². The predicted octanol–water partition coefficient (Wildman–Crippen LogP) is 3.69. The Morgan fingerprint density at radius 2 is 2.00 bits per heavy atom. The molecular weight excluding hydrogens is 438 g/mol. The highest BCUT2D eigenvalue weighted by atomic mass is 35.5. The van der Waals surface area contributed by atoms with Gasteiger partial charge in [0.25, 0.3) is 5.56 Å². The zero-order valence-electron chi connectivity index (χ0n) is 18.3. The third kappa shape index (κ3) is 4.47. The van der Waals surface area contributed by atoms with Crippen LogP contribution in [-0.2, 0) is 11.2 Å². The number of aromatic nitrogens is 2. The number of allylic oxidation sites excluding steroid dienone is 1. The standard InChI is InChI=1S/C26H26ClN3O3/c27-20-3-1-2-19(14-20)25(7-11-31)30-8-6-18(15-26(30)32)22-4-5-24-23(22)16-21(17-28-24)29-9-12-33-13-10-29/h1-4,6,8,14-17,25,31H,5,7,9-13H2. The van der Waals surface area contributed by atoms with Gasteiger partial charge in [-0.2, -0.15) is 0 Å². The number of aliphatic hydroxyl groups excluding tert-OH is 1. The minimum atomic E-state index is -0.283. The molecule has 7 heteroatoms. The van der Waals surface area contributed by atoms with E-state index in [1.807, 2.05) is 36.7 Å². The number of hydrogen-bond donors (Lipinski definition) is 1. The van der Waals surface area contributed by atoms with Crippen LogP contribution >= 0.6 is 11.6 Å². The average molecular weight is 464 g/mol. The van der Waals surface area contributed by atoms with Gasteiger partial charge in [-0.3, -0.25) is 9.78 Å². The molecule has 1 saturated heterocycles. The van der Waals surface area contributed by atoms with Crippen LogP contribution in [0.25, 0.3) is 5.57 Å². The molecule has 1 fully saturated rings. The van der Waals surface area contributed by atoms with Gasteiger partial charge in [-0.1, -0.05) is 29.8 Å². The van der Waals surface area contributed by atoms with E-state index in [-0.39, 0.29) is 18.2 Å². The van der Waals surface area contributed by atoms with Crippen molar-refractivity contribution < 1.29 is 9.84 Å². The van der Waals surface area contributed by atoms with Gasteiger partial charge in [0, 0.05) is 49.0 Å². The summed E-state index contributed by atoms with van der Waals surface area (Å²) in [5, 5.41) is 10.2. The van der Waals surface area contributed by atoms with Crippen LogP contribution in [-0.4, -0.2) is 47.6 Å². The fourth-order valence-corrected chi connectivity index (χ4v) is 4.87. The molecule has 1 N–H and O–H groups in total. The van der Waals surface area contributed by atoms with Crippen LogP contribution in [0.3, 0.4) is 0 Å². The molecule has 1 atom stereocenters. The van der Waals surface area contributed by atoms with Crippen molar-refractivity contribution in [2.45, 2.75) is 18.9 Å². The van der Waals surface area contributed by atoms with Crippen LogP contribution < -0.4 is 10.5 Å². The first kappa shape index (κ1) is 21.9. The van der Waals surface area contributed by atoms with Crippen LogP contribution in [0.4, 0.5) is 5.69 Å². The molecule has 33 heavy (non-hydrogen) atoms. The van der Waals surface area contributed by atoms with Crippen molar-refractivity contribution in [3.05, 3.63) is 98.7 Å². The van der Waals surface area contributed by atoms with Gasteiger partial charge < -0.3 is 19.3 Å². The fraction of sp³-hybridized carbons (Fsp3) is 0.308. The number of anilines is 1. The summed E-state index contributed by atoms with van der Waals surface area (Å²) in [5.74, 6) is 0. The first-order valence-electron chi connectivity index (χ1n) is 11.2. The van der Waals surface area contributed by atoms with Crippen molar-refractivity contribution in [1.82, 2.24) is 9.55 Å². The molecule has 2 aliphatic rings. The van der Waals surface area contributed by atoms with E-state index < -0.39 is 0 Å². The third-order valence-corrected chi connectivity index (χ3v) is 6.59. The molecular formula is C26H26ClN3O3. The van der Waals surface area contributed by atoms with E-state index >= 15 is 0 Å². The van der Waals surface area contributed by atoms with Crippen molar-refractivity contribution in [1.29, 1.82) is 0 Å². The Bertz CT molecular complexity index is 1250. The highest BCUT2D eigenvalue weighted by molar-refractivity contribution is 6.30. The van der Waals surface area contributed by atoms with Gasteiger partial charge in [0.2, 0.25) is 0 Å². The number of fused-ring (bicyclic) bond motifs is 1. The normalized spacial score (nSPS) is 16.4. The summed E-state index contributed by atoms with van der Waals surface area (Å²) in [6.07, 6.45) is 7.08. The van der Waals surface area contributed by atoms with Gasteiger partial charge in [0.1, 0.15) is 0 Å². The van der Waals surface area contributed by atoms with Gasteiger partial charge >= 0.3 is 0 Å². The Balaban J connectivity index is 1.46.